The van der Waals surface area contributed by atoms with Gasteiger partial charge in [0, 0.05) is 11.6 Å². The van der Waals surface area contributed by atoms with Crippen molar-refractivity contribution >= 4 is 17.3 Å². The standard InChI is InChI=1S/C10H13ClN2O/c11-8-6-9-10(14-4-3-13-9)5-7(8)1-2-12/h5-6,13H,1-4,12H2. The third kappa shape index (κ3) is 1.79. The molecule has 0 bridgehead atoms. The topological polar surface area (TPSA) is 47.3 Å². The maximum atomic E-state index is 6.09. The van der Waals surface area contributed by atoms with Crippen LogP contribution in [-0.4, -0.2) is 19.7 Å². The highest BCUT2D eigenvalue weighted by atomic mass is 35.5. The van der Waals surface area contributed by atoms with E-state index in [1.165, 1.54) is 0 Å². The Morgan fingerprint density at radius 1 is 1.50 bits per heavy atom. The molecular weight excluding hydrogens is 200 g/mol. The second kappa shape index (κ2) is 4.07. The predicted molar refractivity (Wildman–Crippen MR) is 58.2 cm³/mol. The van der Waals surface area contributed by atoms with E-state index in [1.807, 2.05) is 12.1 Å². The van der Waals surface area contributed by atoms with Crippen molar-refractivity contribution in [3.63, 3.8) is 0 Å². The minimum Gasteiger partial charge on any atom is -0.490 e. The third-order valence-corrected chi connectivity index (χ3v) is 2.59. The number of nitrogens with two attached hydrogens (primary N) is 1. The second-order valence-electron chi connectivity index (χ2n) is 3.25. The molecule has 0 spiro atoms. The number of anilines is 1. The Morgan fingerprint density at radius 3 is 3.14 bits per heavy atom. The van der Waals surface area contributed by atoms with Gasteiger partial charge in [0.1, 0.15) is 12.4 Å². The summed E-state index contributed by atoms with van der Waals surface area (Å²) < 4.78 is 5.50. The summed E-state index contributed by atoms with van der Waals surface area (Å²) in [5.74, 6) is 0.879. The van der Waals surface area contributed by atoms with Crippen molar-refractivity contribution in [3.05, 3.63) is 22.7 Å². The number of hydrogen-bond acceptors (Lipinski definition) is 3. The lowest BCUT2D eigenvalue weighted by Crippen LogP contribution is -2.18. The van der Waals surface area contributed by atoms with Crippen molar-refractivity contribution in [1.82, 2.24) is 0 Å². The summed E-state index contributed by atoms with van der Waals surface area (Å²) in [4.78, 5) is 0. The van der Waals surface area contributed by atoms with Crippen molar-refractivity contribution in [3.8, 4) is 5.75 Å². The van der Waals surface area contributed by atoms with E-state index in [4.69, 9.17) is 22.1 Å². The molecule has 0 radical (unpaired) electrons. The lowest BCUT2D eigenvalue weighted by atomic mass is 10.1. The Bertz CT molecular complexity index is 341. The molecule has 1 aromatic carbocycles. The lowest BCUT2D eigenvalue weighted by Gasteiger charge is -2.20. The van der Waals surface area contributed by atoms with Crippen LogP contribution in [0.4, 0.5) is 5.69 Å². The van der Waals surface area contributed by atoms with E-state index < -0.39 is 0 Å². The van der Waals surface area contributed by atoms with E-state index in [-0.39, 0.29) is 0 Å². The van der Waals surface area contributed by atoms with Gasteiger partial charge < -0.3 is 15.8 Å². The minimum absolute atomic E-state index is 0.603. The van der Waals surface area contributed by atoms with E-state index in [2.05, 4.69) is 5.32 Å². The van der Waals surface area contributed by atoms with Crippen molar-refractivity contribution < 1.29 is 4.74 Å². The van der Waals surface area contributed by atoms with Crippen LogP contribution in [0.3, 0.4) is 0 Å². The number of ether oxygens (including phenoxy) is 1. The van der Waals surface area contributed by atoms with E-state index in [1.54, 1.807) is 0 Å². The van der Waals surface area contributed by atoms with E-state index in [9.17, 15) is 0 Å². The molecule has 0 fully saturated rings. The van der Waals surface area contributed by atoms with Gasteiger partial charge in [0.05, 0.1) is 5.69 Å². The van der Waals surface area contributed by atoms with Crippen LogP contribution in [0.2, 0.25) is 5.02 Å². The first-order valence-electron chi connectivity index (χ1n) is 4.70. The molecule has 0 saturated carbocycles. The van der Waals surface area contributed by atoms with Gasteiger partial charge in [-0.1, -0.05) is 11.6 Å². The molecule has 14 heavy (non-hydrogen) atoms. The summed E-state index contributed by atoms with van der Waals surface area (Å²) >= 11 is 6.09. The molecule has 3 N–H and O–H groups in total. The highest BCUT2D eigenvalue weighted by molar-refractivity contribution is 6.31. The van der Waals surface area contributed by atoms with Crippen molar-refractivity contribution in [1.29, 1.82) is 0 Å². The van der Waals surface area contributed by atoms with Crippen LogP contribution in [0, 0.1) is 0 Å². The molecule has 1 aliphatic rings. The number of hydrogen-bond donors (Lipinski definition) is 2. The van der Waals surface area contributed by atoms with E-state index >= 15 is 0 Å². The fraction of sp³-hybridized carbons (Fsp3) is 0.400. The molecule has 3 nitrogen and oxygen atoms in total. The number of halogens is 1. The summed E-state index contributed by atoms with van der Waals surface area (Å²) in [5.41, 5.74) is 7.52. The van der Waals surface area contributed by atoms with Crippen LogP contribution in [0.1, 0.15) is 5.56 Å². The maximum absolute atomic E-state index is 6.09. The fourth-order valence-corrected chi connectivity index (χ4v) is 1.80. The lowest BCUT2D eigenvalue weighted by molar-refractivity contribution is 0.323. The summed E-state index contributed by atoms with van der Waals surface area (Å²) in [6.07, 6.45) is 0.787. The Balaban J connectivity index is 2.35. The van der Waals surface area contributed by atoms with Crippen LogP contribution < -0.4 is 15.8 Å². The van der Waals surface area contributed by atoms with E-state index in [0.29, 0.717) is 13.2 Å². The monoisotopic (exact) mass is 212 g/mol. The smallest absolute Gasteiger partial charge is 0.142 e. The summed E-state index contributed by atoms with van der Waals surface area (Å²) in [6, 6.07) is 3.87. The first kappa shape index (κ1) is 9.62. The molecule has 1 heterocycles. The van der Waals surface area contributed by atoms with E-state index in [0.717, 1.165) is 35.0 Å². The molecule has 1 aliphatic heterocycles. The van der Waals surface area contributed by atoms with Crippen LogP contribution >= 0.6 is 11.6 Å². The number of benzene rings is 1. The van der Waals surface area contributed by atoms with Crippen molar-refractivity contribution in [2.75, 3.05) is 25.0 Å². The van der Waals surface area contributed by atoms with Gasteiger partial charge in [0.2, 0.25) is 0 Å². The zero-order valence-corrected chi connectivity index (χ0v) is 8.60. The predicted octanol–water partition coefficient (Wildman–Crippen LogP) is 1.65. The van der Waals surface area contributed by atoms with Gasteiger partial charge in [-0.3, -0.25) is 0 Å². The molecule has 76 valence electrons. The number of nitrogens with one attached hydrogen (secondary N) is 1. The van der Waals surface area contributed by atoms with Crippen molar-refractivity contribution in [2.24, 2.45) is 5.73 Å². The molecule has 0 amide bonds. The van der Waals surface area contributed by atoms with Gasteiger partial charge in [-0.25, -0.2) is 0 Å². The van der Waals surface area contributed by atoms with Crippen LogP contribution in [-0.2, 0) is 6.42 Å². The molecule has 0 aromatic heterocycles. The summed E-state index contributed by atoms with van der Waals surface area (Å²) in [7, 11) is 0. The highest BCUT2D eigenvalue weighted by Crippen LogP contribution is 2.33. The zero-order valence-electron chi connectivity index (χ0n) is 7.85. The highest BCUT2D eigenvalue weighted by Gasteiger charge is 2.12. The Hall–Kier alpha value is -0.930. The first-order valence-corrected chi connectivity index (χ1v) is 5.08. The average molecular weight is 213 g/mol. The van der Waals surface area contributed by atoms with Gasteiger partial charge in [-0.15, -0.1) is 0 Å². The van der Waals surface area contributed by atoms with Crippen LogP contribution in [0.25, 0.3) is 0 Å². The Kier molecular flexibility index (Phi) is 2.79. The van der Waals surface area contributed by atoms with Gasteiger partial charge in [-0.2, -0.15) is 0 Å². The Labute approximate surface area is 88.2 Å². The second-order valence-corrected chi connectivity index (χ2v) is 3.66. The quantitative estimate of drug-likeness (QED) is 0.784. The number of fused-ring (bicyclic) bond motifs is 1. The zero-order chi connectivity index (χ0) is 9.97. The van der Waals surface area contributed by atoms with Gasteiger partial charge in [0.15, 0.2) is 0 Å². The molecule has 0 saturated heterocycles. The van der Waals surface area contributed by atoms with Crippen molar-refractivity contribution in [2.45, 2.75) is 6.42 Å². The van der Waals surface area contributed by atoms with Crippen LogP contribution in [0.5, 0.6) is 5.75 Å². The molecule has 0 unspecified atom stereocenters. The maximum Gasteiger partial charge on any atom is 0.142 e. The first-order chi connectivity index (χ1) is 6.81. The normalized spacial score (nSPS) is 14.1. The van der Waals surface area contributed by atoms with Crippen LogP contribution in [0.15, 0.2) is 12.1 Å². The van der Waals surface area contributed by atoms with Gasteiger partial charge in [-0.05, 0) is 30.7 Å². The van der Waals surface area contributed by atoms with Gasteiger partial charge in [0.25, 0.3) is 0 Å². The molecule has 4 heteroatoms. The molecular formula is C10H13ClN2O. The molecule has 0 atom stereocenters. The fourth-order valence-electron chi connectivity index (χ4n) is 1.55. The summed E-state index contributed by atoms with van der Waals surface area (Å²) in [6.45, 7) is 2.14. The molecule has 2 rings (SSSR count). The molecule has 1 aromatic rings. The molecule has 0 aliphatic carbocycles. The largest absolute Gasteiger partial charge is 0.490 e. The Morgan fingerprint density at radius 2 is 2.36 bits per heavy atom. The minimum atomic E-state index is 0.603. The summed E-state index contributed by atoms with van der Waals surface area (Å²) in [5, 5.41) is 3.99. The average Bonchev–Trinajstić information content (AvgIpc) is 2.19. The van der Waals surface area contributed by atoms with Gasteiger partial charge >= 0.3 is 0 Å². The SMILES string of the molecule is NCCc1cc2c(cc1Cl)NCCO2. The third-order valence-electron chi connectivity index (χ3n) is 2.24. The number of rotatable bonds is 2.